The van der Waals surface area contributed by atoms with Gasteiger partial charge in [0.1, 0.15) is 0 Å². The van der Waals surface area contributed by atoms with Crippen LogP contribution in [-0.2, 0) is 28.4 Å². The van der Waals surface area contributed by atoms with Gasteiger partial charge in [-0.15, -0.1) is 0 Å². The van der Waals surface area contributed by atoms with Crippen molar-refractivity contribution < 1.29 is 8.42 Å². The van der Waals surface area contributed by atoms with Crippen LogP contribution in [0.5, 0.6) is 0 Å². The fourth-order valence-corrected chi connectivity index (χ4v) is 5.45. The van der Waals surface area contributed by atoms with Crippen LogP contribution in [0.25, 0.3) is 0 Å². The molecule has 0 amide bonds. The SMILES string of the molecule is CS(=O)(=O)Cc1cccc2c1CC(N1CC=C(N=Cc3ccccc3Cl)CC1)CC2. The number of nitrogens with zero attached hydrogens (tertiary/aromatic N) is 2. The number of hydrogen-bond donors (Lipinski definition) is 0. The lowest BCUT2D eigenvalue weighted by molar-refractivity contribution is 0.193. The highest BCUT2D eigenvalue weighted by atomic mass is 35.5. The smallest absolute Gasteiger partial charge is 0.151 e. The summed E-state index contributed by atoms with van der Waals surface area (Å²) in [5.74, 6) is 0.129. The van der Waals surface area contributed by atoms with Gasteiger partial charge in [0, 0.05) is 54.3 Å². The highest BCUT2D eigenvalue weighted by molar-refractivity contribution is 7.89. The first-order valence-corrected chi connectivity index (χ1v) is 12.8. The van der Waals surface area contributed by atoms with E-state index in [0.717, 1.165) is 55.6 Å². The molecule has 2 aliphatic rings. The Bertz CT molecular complexity index is 1090. The van der Waals surface area contributed by atoms with Crippen LogP contribution < -0.4 is 0 Å². The Morgan fingerprint density at radius 1 is 1.17 bits per heavy atom. The molecular formula is C24H27ClN2O2S. The molecule has 0 radical (unpaired) electrons. The minimum absolute atomic E-state index is 0.129. The molecule has 0 aromatic heterocycles. The summed E-state index contributed by atoms with van der Waals surface area (Å²) in [4.78, 5) is 7.15. The average Bonchev–Trinajstić information content (AvgIpc) is 2.72. The molecule has 1 heterocycles. The summed E-state index contributed by atoms with van der Waals surface area (Å²) in [6, 6.07) is 14.3. The van der Waals surface area contributed by atoms with E-state index in [4.69, 9.17) is 11.6 Å². The van der Waals surface area contributed by atoms with Gasteiger partial charge in [-0.05, 0) is 48.1 Å². The van der Waals surface area contributed by atoms with Crippen molar-refractivity contribution in [1.29, 1.82) is 0 Å². The molecule has 30 heavy (non-hydrogen) atoms. The van der Waals surface area contributed by atoms with Crippen molar-refractivity contribution in [3.8, 4) is 0 Å². The highest BCUT2D eigenvalue weighted by Crippen LogP contribution is 2.30. The molecule has 1 unspecified atom stereocenters. The largest absolute Gasteiger partial charge is 0.296 e. The number of rotatable bonds is 5. The molecule has 4 nitrogen and oxygen atoms in total. The van der Waals surface area contributed by atoms with Gasteiger partial charge in [0.15, 0.2) is 9.84 Å². The van der Waals surface area contributed by atoms with E-state index in [2.05, 4.69) is 22.0 Å². The lowest BCUT2D eigenvalue weighted by Crippen LogP contribution is -2.42. The Morgan fingerprint density at radius 3 is 2.73 bits per heavy atom. The summed E-state index contributed by atoms with van der Waals surface area (Å²) in [7, 11) is -3.04. The first-order valence-electron chi connectivity index (χ1n) is 10.4. The number of aryl methyl sites for hydroxylation is 1. The van der Waals surface area contributed by atoms with Crippen molar-refractivity contribution >= 4 is 27.7 Å². The molecule has 0 saturated carbocycles. The number of aliphatic imine (C=N–C) groups is 1. The summed E-state index contributed by atoms with van der Waals surface area (Å²) < 4.78 is 23.7. The second-order valence-electron chi connectivity index (χ2n) is 8.24. The van der Waals surface area contributed by atoms with Crippen LogP contribution in [0, 0.1) is 0 Å². The number of benzene rings is 2. The third-order valence-corrected chi connectivity index (χ3v) is 7.16. The Labute approximate surface area is 184 Å². The zero-order valence-electron chi connectivity index (χ0n) is 17.2. The van der Waals surface area contributed by atoms with Gasteiger partial charge in [0.25, 0.3) is 0 Å². The van der Waals surface area contributed by atoms with E-state index in [1.54, 1.807) is 0 Å². The van der Waals surface area contributed by atoms with Crippen molar-refractivity contribution in [2.45, 2.75) is 37.5 Å². The third-order valence-electron chi connectivity index (χ3n) is 5.98. The summed E-state index contributed by atoms with van der Waals surface area (Å²) in [5.41, 5.74) is 5.55. The van der Waals surface area contributed by atoms with Crippen molar-refractivity contribution in [1.82, 2.24) is 4.90 Å². The van der Waals surface area contributed by atoms with Crippen molar-refractivity contribution in [3.05, 3.63) is 81.5 Å². The third kappa shape index (κ3) is 5.20. The number of halogens is 1. The molecule has 1 aliphatic heterocycles. The van der Waals surface area contributed by atoms with Gasteiger partial charge in [0.2, 0.25) is 0 Å². The quantitative estimate of drug-likeness (QED) is 0.643. The standard InChI is InChI=1S/C24H27ClN2O2S/c1-30(28,29)17-20-7-4-6-18-9-10-22(15-23(18)20)27-13-11-21(12-14-27)26-16-19-5-2-3-8-24(19)25/h2-8,11,16,22H,9-10,12-15,17H2,1H3. The monoisotopic (exact) mass is 442 g/mol. The molecule has 2 aromatic rings. The first kappa shape index (κ1) is 21.3. The van der Waals surface area contributed by atoms with E-state index < -0.39 is 9.84 Å². The van der Waals surface area contributed by atoms with Crippen LogP contribution in [0.3, 0.4) is 0 Å². The normalized spacial score (nSPS) is 20.2. The lowest BCUT2D eigenvalue weighted by Gasteiger charge is -2.37. The molecule has 1 atom stereocenters. The van der Waals surface area contributed by atoms with Crippen LogP contribution in [-0.4, -0.2) is 44.9 Å². The van der Waals surface area contributed by atoms with E-state index >= 15 is 0 Å². The van der Waals surface area contributed by atoms with Crippen molar-refractivity contribution in [3.63, 3.8) is 0 Å². The summed E-state index contributed by atoms with van der Waals surface area (Å²) in [6.07, 6.45) is 9.32. The van der Waals surface area contributed by atoms with E-state index in [9.17, 15) is 8.42 Å². The van der Waals surface area contributed by atoms with Crippen molar-refractivity contribution in [2.75, 3.05) is 19.3 Å². The van der Waals surface area contributed by atoms with E-state index in [-0.39, 0.29) is 5.75 Å². The Hall–Kier alpha value is -1.95. The first-order chi connectivity index (χ1) is 14.4. The van der Waals surface area contributed by atoms with Crippen LogP contribution >= 0.6 is 11.6 Å². The van der Waals surface area contributed by atoms with Gasteiger partial charge in [0.05, 0.1) is 5.75 Å². The molecule has 0 fully saturated rings. The number of sulfone groups is 1. The van der Waals surface area contributed by atoms with Gasteiger partial charge in [-0.3, -0.25) is 9.89 Å². The van der Waals surface area contributed by atoms with Gasteiger partial charge in [-0.25, -0.2) is 8.42 Å². The fourth-order valence-electron chi connectivity index (χ4n) is 4.43. The second kappa shape index (κ2) is 9.04. The van der Waals surface area contributed by atoms with Crippen molar-refractivity contribution in [2.24, 2.45) is 4.99 Å². The molecule has 0 N–H and O–H groups in total. The molecule has 0 bridgehead atoms. The molecule has 4 rings (SSSR count). The van der Waals surface area contributed by atoms with Crippen LogP contribution in [0.15, 0.2) is 59.2 Å². The van der Waals surface area contributed by atoms with Crippen LogP contribution in [0.1, 0.15) is 35.1 Å². The maximum absolute atomic E-state index is 11.9. The van der Waals surface area contributed by atoms with Gasteiger partial charge < -0.3 is 0 Å². The summed E-state index contributed by atoms with van der Waals surface area (Å²) in [6.45, 7) is 1.85. The molecular weight excluding hydrogens is 416 g/mol. The minimum atomic E-state index is -3.04. The Kier molecular flexibility index (Phi) is 6.42. The summed E-state index contributed by atoms with van der Waals surface area (Å²) >= 11 is 6.20. The average molecular weight is 443 g/mol. The fraction of sp³-hybridized carbons (Fsp3) is 0.375. The maximum atomic E-state index is 11.9. The molecule has 6 heteroatoms. The summed E-state index contributed by atoms with van der Waals surface area (Å²) in [5, 5.41) is 0.713. The number of hydrogen-bond acceptors (Lipinski definition) is 4. The van der Waals surface area contributed by atoms with Gasteiger partial charge in [-0.1, -0.05) is 48.0 Å². The topological polar surface area (TPSA) is 49.7 Å². The maximum Gasteiger partial charge on any atom is 0.151 e. The van der Waals surface area contributed by atoms with E-state index in [0.29, 0.717) is 11.1 Å². The molecule has 158 valence electrons. The molecule has 1 aliphatic carbocycles. The van der Waals surface area contributed by atoms with E-state index in [1.165, 1.54) is 17.4 Å². The Balaban J connectivity index is 1.43. The van der Waals surface area contributed by atoms with Gasteiger partial charge >= 0.3 is 0 Å². The predicted octanol–water partition coefficient (Wildman–Crippen LogP) is 4.45. The number of fused-ring (bicyclic) bond motifs is 1. The van der Waals surface area contributed by atoms with E-state index in [1.807, 2.05) is 42.6 Å². The molecule has 2 aromatic carbocycles. The minimum Gasteiger partial charge on any atom is -0.296 e. The highest BCUT2D eigenvalue weighted by Gasteiger charge is 2.27. The predicted molar refractivity (Wildman–Crippen MR) is 124 cm³/mol. The Morgan fingerprint density at radius 2 is 2.00 bits per heavy atom. The zero-order chi connectivity index (χ0) is 21.1. The van der Waals surface area contributed by atoms with Gasteiger partial charge in [-0.2, -0.15) is 0 Å². The molecule has 0 spiro atoms. The second-order valence-corrected chi connectivity index (χ2v) is 10.8. The lowest BCUT2D eigenvalue weighted by atomic mass is 9.84. The van der Waals surface area contributed by atoms with Crippen LogP contribution in [0.4, 0.5) is 0 Å². The van der Waals surface area contributed by atoms with Crippen LogP contribution in [0.2, 0.25) is 5.02 Å². The zero-order valence-corrected chi connectivity index (χ0v) is 18.8. The molecule has 0 saturated heterocycles.